The molecule has 0 saturated carbocycles. The number of nitrogens with zero attached hydrogens (tertiary/aromatic N) is 1. The van der Waals surface area contributed by atoms with Gasteiger partial charge in [0.1, 0.15) is 0 Å². The van der Waals surface area contributed by atoms with Gasteiger partial charge in [0.15, 0.2) is 5.69 Å². The van der Waals surface area contributed by atoms with Crippen LogP contribution in [0.4, 0.5) is 0 Å². The van der Waals surface area contributed by atoms with E-state index in [0.717, 1.165) is 5.69 Å². The Kier molecular flexibility index (Phi) is 1.22. The minimum absolute atomic E-state index is 0.174. The molecular formula is C5H6N3O. The molecule has 0 aliphatic heterocycles. The van der Waals surface area contributed by atoms with E-state index in [2.05, 4.69) is 10.2 Å². The third-order valence-corrected chi connectivity index (χ3v) is 0.939. The summed E-state index contributed by atoms with van der Waals surface area (Å²) >= 11 is 0. The average molecular weight is 124 g/mol. The number of amides is 1. The highest BCUT2D eigenvalue weighted by Crippen LogP contribution is 1.95. The molecule has 0 atom stereocenters. The summed E-state index contributed by atoms with van der Waals surface area (Å²) in [5.74, 6) is -0.751. The first-order chi connectivity index (χ1) is 4.20. The summed E-state index contributed by atoms with van der Waals surface area (Å²) in [5.41, 5.74) is 7.58. The van der Waals surface area contributed by atoms with Crippen molar-refractivity contribution >= 4 is 5.91 Å². The Morgan fingerprint density at radius 1 is 1.89 bits per heavy atom. The van der Waals surface area contributed by atoms with E-state index in [1.165, 1.54) is 6.07 Å². The van der Waals surface area contributed by atoms with Crippen molar-refractivity contribution in [2.24, 2.45) is 0 Å². The third kappa shape index (κ3) is 1.07. The van der Waals surface area contributed by atoms with Crippen LogP contribution in [-0.4, -0.2) is 16.1 Å². The second-order valence-electron chi connectivity index (χ2n) is 1.77. The maximum atomic E-state index is 10.2. The molecule has 0 fully saturated rings. The number of carbonyl (C=O) groups is 1. The largest absolute Gasteiger partial charge is 0.290 e. The van der Waals surface area contributed by atoms with Crippen molar-refractivity contribution in [2.45, 2.75) is 6.92 Å². The van der Waals surface area contributed by atoms with Gasteiger partial charge < -0.3 is 0 Å². The topological polar surface area (TPSA) is 69.6 Å². The molecule has 0 aliphatic rings. The highest BCUT2D eigenvalue weighted by atomic mass is 16.1. The first-order valence-electron chi connectivity index (χ1n) is 2.48. The maximum Gasteiger partial charge on any atom is 0.290 e. The van der Waals surface area contributed by atoms with Crippen LogP contribution in [0.25, 0.3) is 0 Å². The standard InChI is InChI=1S/C5H6N3O/c1-3-2-4(5(6)9)8-7-3/h2,6H,1H3,(H,7,8). The molecule has 1 aromatic heterocycles. The SMILES string of the molecule is Cc1cc(C([NH])=O)n[nH]1. The molecule has 1 rings (SSSR count). The van der Waals surface area contributed by atoms with E-state index in [0.29, 0.717) is 0 Å². The molecule has 1 amide bonds. The minimum Gasteiger partial charge on any atom is -0.282 e. The Bertz CT molecular complexity index is 228. The Morgan fingerprint density at radius 3 is 2.78 bits per heavy atom. The predicted octanol–water partition coefficient (Wildman–Crippen LogP) is 0.141. The number of rotatable bonds is 1. The van der Waals surface area contributed by atoms with Crippen LogP contribution in [-0.2, 0) is 0 Å². The van der Waals surface area contributed by atoms with E-state index in [1.807, 2.05) is 0 Å². The van der Waals surface area contributed by atoms with Crippen LogP contribution in [0.3, 0.4) is 0 Å². The number of carbonyl (C=O) groups excluding carboxylic acids is 1. The molecule has 4 heteroatoms. The molecule has 0 saturated heterocycles. The lowest BCUT2D eigenvalue weighted by atomic mass is 10.4. The molecule has 0 bridgehead atoms. The van der Waals surface area contributed by atoms with E-state index in [1.54, 1.807) is 6.92 Å². The number of H-pyrrole nitrogens is 1. The van der Waals surface area contributed by atoms with Gasteiger partial charge in [-0.05, 0) is 13.0 Å². The quantitative estimate of drug-likeness (QED) is 0.578. The van der Waals surface area contributed by atoms with Gasteiger partial charge in [-0.1, -0.05) is 0 Å². The minimum atomic E-state index is -0.751. The van der Waals surface area contributed by atoms with E-state index >= 15 is 0 Å². The summed E-state index contributed by atoms with van der Waals surface area (Å²) in [5, 5.41) is 6.11. The van der Waals surface area contributed by atoms with Crippen LogP contribution in [0.5, 0.6) is 0 Å². The van der Waals surface area contributed by atoms with Gasteiger partial charge in [-0.25, -0.2) is 0 Å². The number of aromatic nitrogens is 2. The Hall–Kier alpha value is -1.32. The van der Waals surface area contributed by atoms with Crippen molar-refractivity contribution in [2.75, 3.05) is 0 Å². The second kappa shape index (κ2) is 1.89. The van der Waals surface area contributed by atoms with Crippen molar-refractivity contribution in [1.82, 2.24) is 15.9 Å². The molecule has 0 aliphatic carbocycles. The van der Waals surface area contributed by atoms with Crippen molar-refractivity contribution in [1.29, 1.82) is 0 Å². The van der Waals surface area contributed by atoms with E-state index < -0.39 is 5.91 Å². The van der Waals surface area contributed by atoms with Crippen molar-refractivity contribution in [3.05, 3.63) is 17.5 Å². The van der Waals surface area contributed by atoms with Crippen molar-refractivity contribution in [3.8, 4) is 0 Å². The number of nitrogens with one attached hydrogen (secondary N) is 2. The fourth-order valence-corrected chi connectivity index (χ4v) is 0.534. The number of aromatic amines is 1. The summed E-state index contributed by atoms with van der Waals surface area (Å²) in [6, 6.07) is 1.54. The first-order valence-corrected chi connectivity index (χ1v) is 2.48. The lowest BCUT2D eigenvalue weighted by molar-refractivity contribution is 0.0987. The van der Waals surface area contributed by atoms with Gasteiger partial charge in [0.25, 0.3) is 5.91 Å². The molecule has 0 spiro atoms. The van der Waals surface area contributed by atoms with E-state index in [9.17, 15) is 4.79 Å². The Labute approximate surface area is 52.1 Å². The molecule has 1 heterocycles. The van der Waals surface area contributed by atoms with Crippen LogP contribution < -0.4 is 5.73 Å². The normalized spacial score (nSPS) is 9.44. The van der Waals surface area contributed by atoms with E-state index in [4.69, 9.17) is 5.73 Å². The molecule has 9 heavy (non-hydrogen) atoms. The Balaban J connectivity index is 2.98. The molecule has 47 valence electrons. The van der Waals surface area contributed by atoms with Gasteiger partial charge in [0, 0.05) is 5.69 Å². The maximum absolute atomic E-state index is 10.2. The fraction of sp³-hybridized carbons (Fsp3) is 0.200. The van der Waals surface area contributed by atoms with Crippen LogP contribution in [0.2, 0.25) is 0 Å². The van der Waals surface area contributed by atoms with Gasteiger partial charge in [-0.15, -0.1) is 0 Å². The lowest BCUT2D eigenvalue weighted by Crippen LogP contribution is -1.98. The van der Waals surface area contributed by atoms with Gasteiger partial charge in [0.2, 0.25) is 0 Å². The third-order valence-electron chi connectivity index (χ3n) is 0.939. The number of hydrogen-bond acceptors (Lipinski definition) is 2. The van der Waals surface area contributed by atoms with Crippen LogP contribution >= 0.6 is 0 Å². The number of aryl methyl sites for hydroxylation is 1. The fourth-order valence-electron chi connectivity index (χ4n) is 0.534. The molecule has 1 aromatic rings. The molecule has 0 unspecified atom stereocenters. The highest BCUT2D eigenvalue weighted by molar-refractivity contribution is 5.90. The van der Waals surface area contributed by atoms with Crippen molar-refractivity contribution < 1.29 is 4.79 Å². The molecule has 1 radical (unpaired) electrons. The Morgan fingerprint density at radius 2 is 2.56 bits per heavy atom. The predicted molar refractivity (Wildman–Crippen MR) is 30.8 cm³/mol. The first kappa shape index (κ1) is 5.81. The zero-order valence-corrected chi connectivity index (χ0v) is 4.93. The molecule has 2 N–H and O–H groups in total. The highest BCUT2D eigenvalue weighted by Gasteiger charge is 2.02. The second-order valence-corrected chi connectivity index (χ2v) is 1.77. The smallest absolute Gasteiger partial charge is 0.282 e. The molecule has 4 nitrogen and oxygen atoms in total. The number of hydrogen-bond donors (Lipinski definition) is 1. The summed E-state index contributed by atoms with van der Waals surface area (Å²) in [6.07, 6.45) is 0. The zero-order chi connectivity index (χ0) is 6.85. The van der Waals surface area contributed by atoms with Crippen LogP contribution in [0, 0.1) is 6.92 Å². The summed E-state index contributed by atoms with van der Waals surface area (Å²) < 4.78 is 0. The van der Waals surface area contributed by atoms with Gasteiger partial charge >= 0.3 is 0 Å². The van der Waals surface area contributed by atoms with Gasteiger partial charge in [-0.2, -0.15) is 5.10 Å². The average Bonchev–Trinajstić information content (AvgIpc) is 2.14. The van der Waals surface area contributed by atoms with Gasteiger partial charge in [-0.3, -0.25) is 15.6 Å². The van der Waals surface area contributed by atoms with Crippen LogP contribution in [0.15, 0.2) is 6.07 Å². The lowest BCUT2D eigenvalue weighted by Gasteiger charge is -1.77. The van der Waals surface area contributed by atoms with Crippen LogP contribution in [0.1, 0.15) is 16.2 Å². The summed E-state index contributed by atoms with van der Waals surface area (Å²) in [7, 11) is 0. The summed E-state index contributed by atoms with van der Waals surface area (Å²) in [6.45, 7) is 1.78. The van der Waals surface area contributed by atoms with Crippen molar-refractivity contribution in [3.63, 3.8) is 0 Å². The molecular weight excluding hydrogens is 118 g/mol. The zero-order valence-electron chi connectivity index (χ0n) is 4.93. The van der Waals surface area contributed by atoms with Gasteiger partial charge in [0.05, 0.1) is 0 Å². The van der Waals surface area contributed by atoms with E-state index in [-0.39, 0.29) is 5.69 Å². The summed E-state index contributed by atoms with van der Waals surface area (Å²) in [4.78, 5) is 10.2. The monoisotopic (exact) mass is 124 g/mol. The molecule has 0 aromatic carbocycles.